The number of ether oxygens (including phenoxy) is 1. The fourth-order valence-electron chi connectivity index (χ4n) is 2.85. The number of fused-ring (bicyclic) bond motifs is 1. The Morgan fingerprint density at radius 1 is 1.19 bits per heavy atom. The fraction of sp³-hybridized carbons (Fsp3) is 0.200. The van der Waals surface area contributed by atoms with Crippen molar-refractivity contribution in [3.8, 4) is 16.2 Å². The van der Waals surface area contributed by atoms with E-state index in [0.29, 0.717) is 18.5 Å². The van der Waals surface area contributed by atoms with Gasteiger partial charge in [0, 0.05) is 20.7 Å². The normalized spacial score (nSPS) is 11.2. The van der Waals surface area contributed by atoms with Gasteiger partial charge in [0.1, 0.15) is 17.2 Å². The molecule has 0 saturated heterocycles. The Kier molecular flexibility index (Phi) is 4.61. The summed E-state index contributed by atoms with van der Waals surface area (Å²) in [7, 11) is 0. The molecule has 0 aliphatic heterocycles. The molecule has 26 heavy (non-hydrogen) atoms. The standard InChI is InChI=1S/C20H18N2O2S2/c1-13-4-3-5-15(10-13)24-9-8-22-12-21-19-18(20(22)23)16(11-25-19)17-7-6-14(2)26-17/h3-7,10-12H,8-9H2,1-2H3. The number of hydrogen-bond acceptors (Lipinski definition) is 5. The van der Waals surface area contributed by atoms with Crippen LogP contribution in [0.25, 0.3) is 20.7 Å². The first kappa shape index (κ1) is 17.0. The third-order valence-corrected chi connectivity index (χ3v) is 6.08. The van der Waals surface area contributed by atoms with Crippen molar-refractivity contribution in [3.05, 3.63) is 68.9 Å². The van der Waals surface area contributed by atoms with E-state index in [1.807, 2.05) is 36.6 Å². The highest BCUT2D eigenvalue weighted by molar-refractivity contribution is 7.19. The molecule has 3 heterocycles. The molecular weight excluding hydrogens is 364 g/mol. The van der Waals surface area contributed by atoms with Crippen LogP contribution in [0.15, 0.2) is 52.9 Å². The summed E-state index contributed by atoms with van der Waals surface area (Å²) in [5.41, 5.74) is 2.12. The van der Waals surface area contributed by atoms with E-state index >= 15 is 0 Å². The van der Waals surface area contributed by atoms with Crippen LogP contribution in [0.5, 0.6) is 5.75 Å². The molecule has 1 aromatic carbocycles. The second-order valence-electron chi connectivity index (χ2n) is 6.15. The highest BCUT2D eigenvalue weighted by Gasteiger charge is 2.14. The fourth-order valence-corrected chi connectivity index (χ4v) is 4.72. The summed E-state index contributed by atoms with van der Waals surface area (Å²) < 4.78 is 7.41. The average Bonchev–Trinajstić information content (AvgIpc) is 3.23. The average molecular weight is 383 g/mol. The van der Waals surface area contributed by atoms with Gasteiger partial charge in [-0.25, -0.2) is 4.98 Å². The molecule has 0 aliphatic carbocycles. The van der Waals surface area contributed by atoms with Gasteiger partial charge in [-0.15, -0.1) is 22.7 Å². The summed E-state index contributed by atoms with van der Waals surface area (Å²) in [6.07, 6.45) is 1.62. The van der Waals surface area contributed by atoms with Crippen LogP contribution in [0.1, 0.15) is 10.4 Å². The molecule has 0 spiro atoms. The van der Waals surface area contributed by atoms with Gasteiger partial charge in [-0.2, -0.15) is 0 Å². The lowest BCUT2D eigenvalue weighted by Gasteiger charge is -2.09. The van der Waals surface area contributed by atoms with Crippen molar-refractivity contribution in [2.24, 2.45) is 0 Å². The van der Waals surface area contributed by atoms with E-state index in [0.717, 1.165) is 26.6 Å². The molecular formula is C20H18N2O2S2. The molecule has 0 N–H and O–H groups in total. The summed E-state index contributed by atoms with van der Waals surface area (Å²) in [6, 6.07) is 12.0. The Hall–Kier alpha value is -2.44. The SMILES string of the molecule is Cc1cccc(OCCn2cnc3scc(-c4ccc(C)s4)c3c2=O)c1. The van der Waals surface area contributed by atoms with Crippen molar-refractivity contribution in [2.75, 3.05) is 6.61 Å². The Morgan fingerprint density at radius 3 is 2.85 bits per heavy atom. The molecule has 0 atom stereocenters. The van der Waals surface area contributed by atoms with Gasteiger partial charge < -0.3 is 4.74 Å². The number of aromatic nitrogens is 2. The third-order valence-electron chi connectivity index (χ3n) is 4.16. The zero-order chi connectivity index (χ0) is 18.1. The Labute approximate surface area is 159 Å². The van der Waals surface area contributed by atoms with Gasteiger partial charge >= 0.3 is 0 Å². The van der Waals surface area contributed by atoms with Crippen molar-refractivity contribution < 1.29 is 4.74 Å². The van der Waals surface area contributed by atoms with Gasteiger partial charge in [-0.05, 0) is 43.7 Å². The second-order valence-corrected chi connectivity index (χ2v) is 8.29. The number of hydrogen-bond donors (Lipinski definition) is 0. The summed E-state index contributed by atoms with van der Waals surface area (Å²) in [5.74, 6) is 0.817. The highest BCUT2D eigenvalue weighted by atomic mass is 32.1. The Bertz CT molecular complexity index is 1120. The van der Waals surface area contributed by atoms with Crippen LogP contribution in [0.4, 0.5) is 0 Å². The molecule has 4 aromatic rings. The minimum atomic E-state index is -0.00912. The monoisotopic (exact) mass is 382 g/mol. The van der Waals surface area contributed by atoms with E-state index in [2.05, 4.69) is 24.0 Å². The van der Waals surface area contributed by atoms with Crippen molar-refractivity contribution in [1.82, 2.24) is 9.55 Å². The topological polar surface area (TPSA) is 44.1 Å². The van der Waals surface area contributed by atoms with E-state index in [1.54, 1.807) is 22.2 Å². The van der Waals surface area contributed by atoms with E-state index in [1.165, 1.54) is 16.2 Å². The second kappa shape index (κ2) is 7.05. The Morgan fingerprint density at radius 2 is 2.08 bits per heavy atom. The maximum absolute atomic E-state index is 13.0. The number of benzene rings is 1. The van der Waals surface area contributed by atoms with Crippen LogP contribution in [-0.2, 0) is 6.54 Å². The van der Waals surface area contributed by atoms with E-state index < -0.39 is 0 Å². The minimum Gasteiger partial charge on any atom is -0.492 e. The van der Waals surface area contributed by atoms with Crippen LogP contribution in [0, 0.1) is 13.8 Å². The highest BCUT2D eigenvalue weighted by Crippen LogP contribution is 2.34. The van der Waals surface area contributed by atoms with Crippen molar-refractivity contribution in [1.29, 1.82) is 0 Å². The maximum Gasteiger partial charge on any atom is 0.262 e. The van der Waals surface area contributed by atoms with Crippen molar-refractivity contribution in [3.63, 3.8) is 0 Å². The first-order chi connectivity index (χ1) is 12.6. The predicted octanol–water partition coefficient (Wildman–Crippen LogP) is 4.88. The molecule has 132 valence electrons. The molecule has 0 saturated carbocycles. The van der Waals surface area contributed by atoms with Gasteiger partial charge in [0.05, 0.1) is 18.3 Å². The van der Waals surface area contributed by atoms with Crippen LogP contribution in [0.3, 0.4) is 0 Å². The first-order valence-electron chi connectivity index (χ1n) is 8.35. The number of nitrogens with zero attached hydrogens (tertiary/aromatic N) is 2. The molecule has 0 radical (unpaired) electrons. The lowest BCUT2D eigenvalue weighted by Crippen LogP contribution is -2.23. The van der Waals surface area contributed by atoms with Crippen molar-refractivity contribution >= 4 is 32.9 Å². The molecule has 4 rings (SSSR count). The summed E-state index contributed by atoms with van der Waals surface area (Å²) in [4.78, 5) is 20.6. The summed E-state index contributed by atoms with van der Waals surface area (Å²) in [6.45, 7) is 4.99. The van der Waals surface area contributed by atoms with Gasteiger partial charge in [0.25, 0.3) is 5.56 Å². The van der Waals surface area contributed by atoms with E-state index in [9.17, 15) is 4.79 Å². The lowest BCUT2D eigenvalue weighted by atomic mass is 10.2. The summed E-state index contributed by atoms with van der Waals surface area (Å²) >= 11 is 3.21. The lowest BCUT2D eigenvalue weighted by molar-refractivity contribution is 0.296. The molecule has 0 bridgehead atoms. The van der Waals surface area contributed by atoms with Crippen LogP contribution < -0.4 is 10.3 Å². The first-order valence-corrected chi connectivity index (χ1v) is 10.0. The van der Waals surface area contributed by atoms with Gasteiger partial charge in [0.2, 0.25) is 0 Å². The molecule has 4 nitrogen and oxygen atoms in total. The zero-order valence-corrected chi connectivity index (χ0v) is 16.2. The third kappa shape index (κ3) is 3.30. The smallest absolute Gasteiger partial charge is 0.262 e. The van der Waals surface area contributed by atoms with Gasteiger partial charge in [0.15, 0.2) is 0 Å². The molecule has 0 unspecified atom stereocenters. The largest absolute Gasteiger partial charge is 0.492 e. The maximum atomic E-state index is 13.0. The number of aryl methyl sites for hydroxylation is 2. The molecule has 0 fully saturated rings. The van der Waals surface area contributed by atoms with Crippen LogP contribution in [0.2, 0.25) is 0 Å². The number of rotatable bonds is 5. The molecule has 0 amide bonds. The van der Waals surface area contributed by atoms with Crippen LogP contribution in [-0.4, -0.2) is 16.2 Å². The minimum absolute atomic E-state index is 0.00912. The van der Waals surface area contributed by atoms with Gasteiger partial charge in [-0.3, -0.25) is 9.36 Å². The zero-order valence-electron chi connectivity index (χ0n) is 14.6. The molecule has 6 heteroatoms. The molecule has 0 aliphatic rings. The summed E-state index contributed by atoms with van der Waals surface area (Å²) in [5, 5.41) is 2.73. The van der Waals surface area contributed by atoms with E-state index in [4.69, 9.17) is 4.74 Å². The van der Waals surface area contributed by atoms with E-state index in [-0.39, 0.29) is 5.56 Å². The predicted molar refractivity (Wildman–Crippen MR) is 109 cm³/mol. The molecule has 3 aromatic heterocycles. The quantitative estimate of drug-likeness (QED) is 0.494. The Balaban J connectivity index is 1.60. The number of thiophene rings is 2. The van der Waals surface area contributed by atoms with Gasteiger partial charge in [-0.1, -0.05) is 12.1 Å². The van der Waals surface area contributed by atoms with Crippen molar-refractivity contribution in [2.45, 2.75) is 20.4 Å². The van der Waals surface area contributed by atoms with Crippen LogP contribution >= 0.6 is 22.7 Å².